The Bertz CT molecular complexity index is 584. The first-order valence-corrected chi connectivity index (χ1v) is 6.32. The maximum absolute atomic E-state index is 13.7. The van der Waals surface area contributed by atoms with Crippen molar-refractivity contribution in [2.75, 3.05) is 0 Å². The van der Waals surface area contributed by atoms with Crippen LogP contribution in [0.25, 0.3) is 0 Å². The summed E-state index contributed by atoms with van der Waals surface area (Å²) >= 11 is 0. The molecule has 0 aliphatic carbocycles. The molecule has 1 heterocycles. The largest absolute Gasteiger partial charge is 0.348 e. The molecular formula is C14H15F2N3O. The molecule has 0 spiro atoms. The monoisotopic (exact) mass is 279 g/mol. The lowest BCUT2D eigenvalue weighted by Gasteiger charge is -2.18. The highest BCUT2D eigenvalue weighted by Gasteiger charge is 2.17. The number of hydrogen-bond acceptors (Lipinski definition) is 2. The number of carbonyl (C=O) groups excluding carboxylic acids is 1. The van der Waals surface area contributed by atoms with Crippen molar-refractivity contribution in [1.29, 1.82) is 0 Å². The third-order valence-electron chi connectivity index (χ3n) is 2.94. The molecule has 1 atom stereocenters. The SMILES string of the molecule is CC[C@H](NC(=O)Cn1cccn1)c1cc(F)ccc1F. The topological polar surface area (TPSA) is 46.9 Å². The minimum atomic E-state index is -0.561. The van der Waals surface area contributed by atoms with E-state index in [-0.39, 0.29) is 18.0 Å². The predicted molar refractivity (Wildman–Crippen MR) is 69.8 cm³/mol. The fourth-order valence-corrected chi connectivity index (χ4v) is 1.96. The number of benzene rings is 1. The molecule has 0 fully saturated rings. The zero-order valence-corrected chi connectivity index (χ0v) is 11.0. The summed E-state index contributed by atoms with van der Waals surface area (Å²) in [7, 11) is 0. The molecule has 0 unspecified atom stereocenters. The Balaban J connectivity index is 2.08. The first-order chi connectivity index (χ1) is 9.60. The molecule has 1 N–H and O–H groups in total. The Morgan fingerprint density at radius 1 is 1.45 bits per heavy atom. The third-order valence-corrected chi connectivity index (χ3v) is 2.94. The smallest absolute Gasteiger partial charge is 0.242 e. The van der Waals surface area contributed by atoms with Crippen LogP contribution in [-0.2, 0) is 11.3 Å². The van der Waals surface area contributed by atoms with Crippen LogP contribution in [0.1, 0.15) is 24.9 Å². The molecule has 0 bridgehead atoms. The molecule has 0 aliphatic rings. The number of rotatable bonds is 5. The lowest BCUT2D eigenvalue weighted by atomic mass is 10.0. The van der Waals surface area contributed by atoms with Gasteiger partial charge in [0.1, 0.15) is 18.2 Å². The quantitative estimate of drug-likeness (QED) is 0.913. The summed E-state index contributed by atoms with van der Waals surface area (Å²) in [6.45, 7) is 1.84. The van der Waals surface area contributed by atoms with E-state index in [4.69, 9.17) is 0 Å². The predicted octanol–water partition coefficient (Wildman–Crippen LogP) is 2.43. The molecule has 6 heteroatoms. The van der Waals surface area contributed by atoms with Crippen molar-refractivity contribution in [3.05, 3.63) is 53.9 Å². The van der Waals surface area contributed by atoms with Crippen LogP contribution in [-0.4, -0.2) is 15.7 Å². The van der Waals surface area contributed by atoms with E-state index in [0.29, 0.717) is 6.42 Å². The van der Waals surface area contributed by atoms with E-state index < -0.39 is 17.7 Å². The average molecular weight is 279 g/mol. The summed E-state index contributed by atoms with van der Waals surface area (Å²) in [5.41, 5.74) is 0.154. The molecule has 1 amide bonds. The van der Waals surface area contributed by atoms with Gasteiger partial charge in [0.05, 0.1) is 6.04 Å². The highest BCUT2D eigenvalue weighted by molar-refractivity contribution is 5.76. The third kappa shape index (κ3) is 3.40. The van der Waals surface area contributed by atoms with Crippen molar-refractivity contribution in [2.45, 2.75) is 25.9 Å². The first-order valence-electron chi connectivity index (χ1n) is 6.32. The maximum Gasteiger partial charge on any atom is 0.242 e. The van der Waals surface area contributed by atoms with E-state index in [9.17, 15) is 13.6 Å². The number of aromatic nitrogens is 2. The highest BCUT2D eigenvalue weighted by Crippen LogP contribution is 2.21. The van der Waals surface area contributed by atoms with Crippen molar-refractivity contribution < 1.29 is 13.6 Å². The number of nitrogens with one attached hydrogen (secondary N) is 1. The van der Waals surface area contributed by atoms with Gasteiger partial charge in [0, 0.05) is 18.0 Å². The van der Waals surface area contributed by atoms with E-state index in [1.165, 1.54) is 4.68 Å². The van der Waals surface area contributed by atoms with Crippen molar-refractivity contribution in [2.24, 2.45) is 0 Å². The van der Waals surface area contributed by atoms with Gasteiger partial charge in [0.15, 0.2) is 0 Å². The van der Waals surface area contributed by atoms with Crippen LogP contribution >= 0.6 is 0 Å². The summed E-state index contributed by atoms with van der Waals surface area (Å²) in [6.07, 6.45) is 3.69. The Hall–Kier alpha value is -2.24. The van der Waals surface area contributed by atoms with Gasteiger partial charge < -0.3 is 5.32 Å². The first kappa shape index (κ1) is 14.2. The second-order valence-electron chi connectivity index (χ2n) is 4.40. The minimum Gasteiger partial charge on any atom is -0.348 e. The van der Waals surface area contributed by atoms with Crippen LogP contribution < -0.4 is 5.32 Å². The zero-order valence-electron chi connectivity index (χ0n) is 11.0. The van der Waals surface area contributed by atoms with E-state index >= 15 is 0 Å². The summed E-state index contributed by atoms with van der Waals surface area (Å²) in [5, 5.41) is 6.60. The van der Waals surface area contributed by atoms with Crippen molar-refractivity contribution in [3.8, 4) is 0 Å². The van der Waals surface area contributed by atoms with Crippen molar-refractivity contribution in [1.82, 2.24) is 15.1 Å². The van der Waals surface area contributed by atoms with Gasteiger partial charge in [-0.3, -0.25) is 9.48 Å². The molecule has 20 heavy (non-hydrogen) atoms. The fraction of sp³-hybridized carbons (Fsp3) is 0.286. The lowest BCUT2D eigenvalue weighted by molar-refractivity contribution is -0.122. The minimum absolute atomic E-state index is 0.0421. The van der Waals surface area contributed by atoms with Crippen LogP contribution in [0.5, 0.6) is 0 Å². The standard InChI is InChI=1S/C14H15F2N3O/c1-2-13(11-8-10(15)4-5-12(11)16)18-14(20)9-19-7-3-6-17-19/h3-8,13H,2,9H2,1H3,(H,18,20)/t13-/m0/s1. The molecule has 2 rings (SSSR count). The zero-order chi connectivity index (χ0) is 14.5. The molecule has 1 aromatic carbocycles. The second kappa shape index (κ2) is 6.27. The van der Waals surface area contributed by atoms with Gasteiger partial charge in [-0.1, -0.05) is 6.92 Å². The van der Waals surface area contributed by atoms with Gasteiger partial charge in [-0.2, -0.15) is 5.10 Å². The van der Waals surface area contributed by atoms with Crippen molar-refractivity contribution >= 4 is 5.91 Å². The molecule has 106 valence electrons. The van der Waals surface area contributed by atoms with E-state index in [2.05, 4.69) is 10.4 Å². The number of amides is 1. The van der Waals surface area contributed by atoms with Gasteiger partial charge in [-0.15, -0.1) is 0 Å². The number of nitrogens with zero attached hydrogens (tertiary/aromatic N) is 2. The molecule has 4 nitrogen and oxygen atoms in total. The number of halogens is 2. The number of hydrogen-bond donors (Lipinski definition) is 1. The summed E-state index contributed by atoms with van der Waals surface area (Å²) in [4.78, 5) is 11.9. The Morgan fingerprint density at radius 3 is 2.90 bits per heavy atom. The molecule has 0 saturated heterocycles. The highest BCUT2D eigenvalue weighted by atomic mass is 19.1. The van der Waals surface area contributed by atoms with E-state index in [1.807, 2.05) is 0 Å². The fourth-order valence-electron chi connectivity index (χ4n) is 1.96. The van der Waals surface area contributed by atoms with Crippen LogP contribution in [0.2, 0.25) is 0 Å². The van der Waals surface area contributed by atoms with Gasteiger partial charge in [-0.25, -0.2) is 8.78 Å². The maximum atomic E-state index is 13.7. The summed E-state index contributed by atoms with van der Waals surface area (Å²) in [5.74, 6) is -1.36. The Labute approximate surface area is 115 Å². The molecule has 1 aromatic heterocycles. The summed E-state index contributed by atoms with van der Waals surface area (Å²) in [6, 6.07) is 4.37. The number of carbonyl (C=O) groups is 1. The Morgan fingerprint density at radius 2 is 2.25 bits per heavy atom. The van der Waals surface area contributed by atoms with E-state index in [0.717, 1.165) is 18.2 Å². The molecule has 0 radical (unpaired) electrons. The molecule has 0 aliphatic heterocycles. The average Bonchev–Trinajstić information content (AvgIpc) is 2.92. The van der Waals surface area contributed by atoms with Crippen LogP contribution in [0.15, 0.2) is 36.7 Å². The summed E-state index contributed by atoms with van der Waals surface area (Å²) < 4.78 is 28.4. The molecular weight excluding hydrogens is 264 g/mol. The van der Waals surface area contributed by atoms with Gasteiger partial charge in [0.25, 0.3) is 0 Å². The van der Waals surface area contributed by atoms with Gasteiger partial charge in [-0.05, 0) is 30.7 Å². The van der Waals surface area contributed by atoms with Crippen LogP contribution in [0.4, 0.5) is 8.78 Å². The second-order valence-corrected chi connectivity index (χ2v) is 4.40. The molecule has 0 saturated carbocycles. The van der Waals surface area contributed by atoms with Crippen LogP contribution in [0, 0.1) is 11.6 Å². The van der Waals surface area contributed by atoms with Gasteiger partial charge in [0.2, 0.25) is 5.91 Å². The van der Waals surface area contributed by atoms with Gasteiger partial charge >= 0.3 is 0 Å². The Kier molecular flexibility index (Phi) is 4.45. The normalized spacial score (nSPS) is 12.2. The van der Waals surface area contributed by atoms with E-state index in [1.54, 1.807) is 25.4 Å². The lowest BCUT2D eigenvalue weighted by Crippen LogP contribution is -2.32. The molecule has 2 aromatic rings. The van der Waals surface area contributed by atoms with Crippen LogP contribution in [0.3, 0.4) is 0 Å². The van der Waals surface area contributed by atoms with Crippen molar-refractivity contribution in [3.63, 3.8) is 0 Å².